The zero-order valence-corrected chi connectivity index (χ0v) is 11.1. The maximum Gasteiger partial charge on any atom is 0.322 e. The molecule has 2 saturated heterocycles. The highest BCUT2D eigenvalue weighted by Crippen LogP contribution is 2.34. The Labute approximate surface area is 108 Å². The number of rotatable bonds is 4. The zero-order chi connectivity index (χ0) is 13.2. The van der Waals surface area contributed by atoms with Crippen molar-refractivity contribution in [2.24, 2.45) is 11.8 Å². The summed E-state index contributed by atoms with van der Waals surface area (Å²) in [7, 11) is 0. The lowest BCUT2D eigenvalue weighted by molar-refractivity contribution is -0.127. The van der Waals surface area contributed by atoms with Crippen LogP contribution in [0.1, 0.15) is 39.5 Å². The summed E-state index contributed by atoms with van der Waals surface area (Å²) in [5.41, 5.74) is -0.703. The average Bonchev–Trinajstić information content (AvgIpc) is 2.64. The third kappa shape index (κ3) is 2.51. The van der Waals surface area contributed by atoms with E-state index in [1.165, 1.54) is 0 Å². The van der Waals surface area contributed by atoms with Crippen LogP contribution in [-0.4, -0.2) is 30.7 Å². The van der Waals surface area contributed by atoms with Crippen LogP contribution in [0.3, 0.4) is 0 Å². The minimum atomic E-state index is -0.703. The van der Waals surface area contributed by atoms with E-state index < -0.39 is 5.54 Å². The first-order chi connectivity index (χ1) is 8.54. The van der Waals surface area contributed by atoms with Gasteiger partial charge in [0, 0.05) is 13.2 Å². The monoisotopic (exact) mass is 254 g/mol. The fourth-order valence-electron chi connectivity index (χ4n) is 2.88. The summed E-state index contributed by atoms with van der Waals surface area (Å²) in [6, 6.07) is -0.352. The minimum absolute atomic E-state index is 0.153. The van der Waals surface area contributed by atoms with Gasteiger partial charge in [0.05, 0.1) is 0 Å². The summed E-state index contributed by atoms with van der Waals surface area (Å²) in [4.78, 5) is 23.7. The van der Waals surface area contributed by atoms with Gasteiger partial charge in [-0.15, -0.1) is 0 Å². The summed E-state index contributed by atoms with van der Waals surface area (Å²) in [5, 5.41) is 5.29. The third-order valence-corrected chi connectivity index (χ3v) is 4.00. The number of nitrogens with one attached hydrogen (secondary N) is 2. The smallest absolute Gasteiger partial charge is 0.322 e. The molecule has 18 heavy (non-hydrogen) atoms. The molecule has 0 saturated carbocycles. The van der Waals surface area contributed by atoms with Gasteiger partial charge in [-0.2, -0.15) is 0 Å². The van der Waals surface area contributed by atoms with Crippen molar-refractivity contribution in [1.82, 2.24) is 10.6 Å². The Bertz CT molecular complexity index is 337. The van der Waals surface area contributed by atoms with Crippen LogP contribution in [0, 0.1) is 11.8 Å². The predicted molar refractivity (Wildman–Crippen MR) is 67.0 cm³/mol. The highest BCUT2D eigenvalue weighted by atomic mass is 16.5. The number of carbonyl (C=O) groups is 2. The molecule has 0 aromatic rings. The molecule has 0 aromatic heterocycles. The van der Waals surface area contributed by atoms with Crippen LogP contribution in [0.4, 0.5) is 4.79 Å². The van der Waals surface area contributed by atoms with Crippen LogP contribution in [0.2, 0.25) is 0 Å². The van der Waals surface area contributed by atoms with Crippen molar-refractivity contribution < 1.29 is 14.3 Å². The van der Waals surface area contributed by atoms with E-state index in [4.69, 9.17) is 4.74 Å². The molecule has 0 spiro atoms. The van der Waals surface area contributed by atoms with Crippen molar-refractivity contribution in [3.05, 3.63) is 0 Å². The molecule has 2 aliphatic rings. The fourth-order valence-corrected chi connectivity index (χ4v) is 2.88. The molecule has 102 valence electrons. The lowest BCUT2D eigenvalue weighted by Crippen LogP contribution is -2.54. The van der Waals surface area contributed by atoms with E-state index >= 15 is 0 Å². The Hall–Kier alpha value is -1.10. The van der Waals surface area contributed by atoms with Gasteiger partial charge in [0.2, 0.25) is 0 Å². The molecule has 2 aliphatic heterocycles. The first-order valence-corrected chi connectivity index (χ1v) is 6.76. The predicted octanol–water partition coefficient (Wildman–Crippen LogP) is 1.43. The van der Waals surface area contributed by atoms with Crippen LogP contribution in [0.25, 0.3) is 0 Å². The van der Waals surface area contributed by atoms with Gasteiger partial charge >= 0.3 is 6.03 Å². The molecule has 0 aromatic carbocycles. The van der Waals surface area contributed by atoms with Crippen molar-refractivity contribution in [2.45, 2.75) is 45.1 Å². The van der Waals surface area contributed by atoms with Gasteiger partial charge in [0.1, 0.15) is 5.54 Å². The molecular formula is C13H22N2O3. The summed E-state index contributed by atoms with van der Waals surface area (Å²) >= 11 is 0. The Morgan fingerprint density at radius 2 is 2.00 bits per heavy atom. The standard InChI is InChI=1S/C13H22N2O3/c1-9(2)3-6-13(10-4-7-18-8-5-10)11(16)14-12(17)15-13/h9-10H,3-8H2,1-2H3,(H2,14,15,16,17)/t13-/m0/s1. The van der Waals surface area contributed by atoms with E-state index in [1.807, 2.05) is 0 Å². The second-order valence-electron chi connectivity index (χ2n) is 5.70. The maximum absolute atomic E-state index is 12.2. The number of hydrogen-bond donors (Lipinski definition) is 2. The van der Waals surface area contributed by atoms with Crippen molar-refractivity contribution >= 4 is 11.9 Å². The highest BCUT2D eigenvalue weighted by molar-refractivity contribution is 6.07. The summed E-state index contributed by atoms with van der Waals surface area (Å²) in [6.07, 6.45) is 3.33. The molecule has 3 amide bonds. The molecule has 5 nitrogen and oxygen atoms in total. The summed E-state index contributed by atoms with van der Waals surface area (Å²) in [6.45, 7) is 5.62. The fraction of sp³-hybridized carbons (Fsp3) is 0.846. The van der Waals surface area contributed by atoms with Crippen LogP contribution >= 0.6 is 0 Å². The number of urea groups is 1. The zero-order valence-electron chi connectivity index (χ0n) is 11.1. The number of amides is 3. The van der Waals surface area contributed by atoms with E-state index in [1.54, 1.807) is 0 Å². The first-order valence-electron chi connectivity index (χ1n) is 6.76. The van der Waals surface area contributed by atoms with Gasteiger partial charge < -0.3 is 10.1 Å². The van der Waals surface area contributed by atoms with Crippen molar-refractivity contribution in [3.63, 3.8) is 0 Å². The van der Waals surface area contributed by atoms with E-state index in [9.17, 15) is 9.59 Å². The normalized spacial score (nSPS) is 29.5. The Kier molecular flexibility index (Phi) is 3.90. The molecular weight excluding hydrogens is 232 g/mol. The molecule has 2 fully saturated rings. The van der Waals surface area contributed by atoms with E-state index in [-0.39, 0.29) is 17.9 Å². The second kappa shape index (κ2) is 5.26. The maximum atomic E-state index is 12.2. The van der Waals surface area contributed by atoms with Gasteiger partial charge in [-0.1, -0.05) is 13.8 Å². The molecule has 2 heterocycles. The molecule has 2 rings (SSSR count). The van der Waals surface area contributed by atoms with Gasteiger partial charge in [0.25, 0.3) is 5.91 Å². The highest BCUT2D eigenvalue weighted by Gasteiger charge is 2.51. The van der Waals surface area contributed by atoms with Crippen molar-refractivity contribution in [3.8, 4) is 0 Å². The quantitative estimate of drug-likeness (QED) is 0.746. The van der Waals surface area contributed by atoms with E-state index in [0.29, 0.717) is 25.6 Å². The van der Waals surface area contributed by atoms with Crippen LogP contribution < -0.4 is 10.6 Å². The molecule has 2 N–H and O–H groups in total. The molecule has 0 radical (unpaired) electrons. The number of ether oxygens (including phenoxy) is 1. The Morgan fingerprint density at radius 3 is 2.50 bits per heavy atom. The summed E-state index contributed by atoms with van der Waals surface area (Å²) in [5.74, 6) is 0.559. The van der Waals surface area contributed by atoms with Crippen LogP contribution in [0.5, 0.6) is 0 Å². The third-order valence-electron chi connectivity index (χ3n) is 4.00. The lowest BCUT2D eigenvalue weighted by atomic mass is 9.75. The van der Waals surface area contributed by atoms with Crippen LogP contribution in [-0.2, 0) is 9.53 Å². The first kappa shape index (κ1) is 13.3. The van der Waals surface area contributed by atoms with E-state index in [0.717, 1.165) is 19.3 Å². The molecule has 0 bridgehead atoms. The molecule has 5 heteroatoms. The Balaban J connectivity index is 2.15. The number of imide groups is 1. The topological polar surface area (TPSA) is 67.4 Å². The number of carbonyl (C=O) groups excluding carboxylic acids is 2. The van der Waals surface area contributed by atoms with E-state index in [2.05, 4.69) is 24.5 Å². The average molecular weight is 254 g/mol. The second-order valence-corrected chi connectivity index (χ2v) is 5.70. The largest absolute Gasteiger partial charge is 0.381 e. The molecule has 0 aliphatic carbocycles. The lowest BCUT2D eigenvalue weighted by Gasteiger charge is -2.37. The molecule has 1 atom stereocenters. The van der Waals surface area contributed by atoms with Gasteiger partial charge in [0.15, 0.2) is 0 Å². The van der Waals surface area contributed by atoms with Gasteiger partial charge in [-0.05, 0) is 37.5 Å². The van der Waals surface area contributed by atoms with Gasteiger partial charge in [-0.25, -0.2) is 4.79 Å². The number of hydrogen-bond acceptors (Lipinski definition) is 3. The SMILES string of the molecule is CC(C)CC[C@@]1(C2CCOCC2)NC(=O)NC1=O. The minimum Gasteiger partial charge on any atom is -0.381 e. The Morgan fingerprint density at radius 1 is 1.33 bits per heavy atom. The summed E-state index contributed by atoms with van der Waals surface area (Å²) < 4.78 is 5.35. The van der Waals surface area contributed by atoms with Crippen molar-refractivity contribution in [2.75, 3.05) is 13.2 Å². The van der Waals surface area contributed by atoms with Crippen LogP contribution in [0.15, 0.2) is 0 Å². The van der Waals surface area contributed by atoms with Gasteiger partial charge in [-0.3, -0.25) is 10.1 Å². The van der Waals surface area contributed by atoms with Crippen molar-refractivity contribution in [1.29, 1.82) is 0 Å². The molecule has 0 unspecified atom stereocenters.